The van der Waals surface area contributed by atoms with E-state index in [-0.39, 0.29) is 17.3 Å². The lowest BCUT2D eigenvalue weighted by Crippen LogP contribution is -2.32. The van der Waals surface area contributed by atoms with E-state index in [1.807, 2.05) is 0 Å². The van der Waals surface area contributed by atoms with Crippen molar-refractivity contribution in [1.29, 1.82) is 0 Å². The van der Waals surface area contributed by atoms with Gasteiger partial charge in [-0.2, -0.15) is 5.10 Å². The van der Waals surface area contributed by atoms with Crippen LogP contribution in [-0.4, -0.2) is 51.1 Å². The summed E-state index contributed by atoms with van der Waals surface area (Å²) in [6, 6.07) is 2.96. The van der Waals surface area contributed by atoms with Crippen molar-refractivity contribution in [3.63, 3.8) is 0 Å². The van der Waals surface area contributed by atoms with Crippen LogP contribution in [0.4, 0.5) is 13.2 Å². The van der Waals surface area contributed by atoms with Gasteiger partial charge in [0.25, 0.3) is 11.1 Å². The van der Waals surface area contributed by atoms with Crippen molar-refractivity contribution in [2.45, 2.75) is 64.3 Å². The highest BCUT2D eigenvalue weighted by atomic mass is 32.1. The van der Waals surface area contributed by atoms with Gasteiger partial charge in [0.1, 0.15) is 5.82 Å². The lowest BCUT2D eigenvalue weighted by Gasteiger charge is -2.31. The normalized spacial score (nSPS) is 20.8. The number of carbonyl (C=O) groups is 1. The Morgan fingerprint density at radius 3 is 2.73 bits per heavy atom. The Balaban J connectivity index is 1.08. The molecule has 0 amide bonds. The maximum atomic E-state index is 14.5. The molecule has 0 saturated heterocycles. The fraction of sp³-hybridized carbons (Fsp3) is 0.593. The first-order valence-corrected chi connectivity index (χ1v) is 13.8. The van der Waals surface area contributed by atoms with E-state index in [9.17, 15) is 18.0 Å². The highest BCUT2D eigenvalue weighted by Gasteiger charge is 2.28. The molecule has 0 N–H and O–H groups in total. The molecule has 37 heavy (non-hydrogen) atoms. The van der Waals surface area contributed by atoms with Crippen molar-refractivity contribution >= 4 is 28.0 Å². The number of halogens is 3. The average molecular weight is 535 g/mol. The van der Waals surface area contributed by atoms with Crippen LogP contribution in [0.25, 0.3) is 10.9 Å². The average Bonchev–Trinajstić information content (AvgIpc) is 3.43. The Bertz CT molecular complexity index is 1260. The van der Waals surface area contributed by atoms with Gasteiger partial charge in [-0.25, -0.2) is 18.2 Å². The molecule has 1 aromatic carbocycles. The number of aromatic nitrogens is 3. The Hall–Kier alpha value is -2.46. The van der Waals surface area contributed by atoms with Gasteiger partial charge in [0, 0.05) is 49.9 Å². The number of aryl methyl sites for hydroxylation is 1. The third kappa shape index (κ3) is 6.34. The second-order valence-corrected chi connectivity index (χ2v) is 11.7. The molecule has 2 aliphatic rings. The predicted molar refractivity (Wildman–Crippen MR) is 137 cm³/mol. The molecule has 3 heterocycles. The minimum Gasteiger partial charge on any atom is -0.464 e. The molecule has 1 aliphatic heterocycles. The first-order valence-electron chi connectivity index (χ1n) is 13.0. The summed E-state index contributed by atoms with van der Waals surface area (Å²) in [5.74, 6) is -2.55. The smallest absolute Gasteiger partial charge is 0.278 e. The third-order valence-corrected chi connectivity index (χ3v) is 8.63. The first kappa shape index (κ1) is 26.2. The fourth-order valence-electron chi connectivity index (χ4n) is 5.59. The molecule has 0 bridgehead atoms. The summed E-state index contributed by atoms with van der Waals surface area (Å²) in [4.78, 5) is 21.0. The second-order valence-electron chi connectivity index (χ2n) is 10.7. The zero-order chi connectivity index (χ0) is 26.2. The van der Waals surface area contributed by atoms with E-state index in [1.54, 1.807) is 24.0 Å². The summed E-state index contributed by atoms with van der Waals surface area (Å²) in [7, 11) is 1.77. The van der Waals surface area contributed by atoms with Crippen LogP contribution in [0, 0.1) is 17.7 Å². The zero-order valence-corrected chi connectivity index (χ0v) is 22.1. The van der Waals surface area contributed by atoms with Gasteiger partial charge in [0.15, 0.2) is 12.4 Å². The number of nitrogens with zero attached hydrogens (tertiary/aromatic N) is 4. The first-order chi connectivity index (χ1) is 17.6. The molecule has 10 heteroatoms. The number of hydrogen-bond donors (Lipinski definition) is 0. The maximum Gasteiger partial charge on any atom is 0.278 e. The van der Waals surface area contributed by atoms with Crippen molar-refractivity contribution in [2.24, 2.45) is 18.9 Å². The molecule has 3 aromatic rings. The number of carbonyl (C=O) groups excluding carboxylic acids is 1. The number of hydrogen-bond acceptors (Lipinski definition) is 6. The Morgan fingerprint density at radius 2 is 1.97 bits per heavy atom. The number of alkyl halides is 2. The van der Waals surface area contributed by atoms with Crippen LogP contribution < -0.4 is 4.74 Å². The van der Waals surface area contributed by atoms with Crippen LogP contribution >= 0.6 is 11.3 Å². The number of benzene rings is 1. The molecule has 0 unspecified atom stereocenters. The van der Waals surface area contributed by atoms with Gasteiger partial charge in [0.05, 0.1) is 16.8 Å². The van der Waals surface area contributed by atoms with Crippen LogP contribution in [0.2, 0.25) is 0 Å². The van der Waals surface area contributed by atoms with Gasteiger partial charge in [-0.1, -0.05) is 24.2 Å². The highest BCUT2D eigenvalue weighted by molar-refractivity contribution is 7.13. The van der Waals surface area contributed by atoms with E-state index in [4.69, 9.17) is 4.74 Å². The van der Waals surface area contributed by atoms with Gasteiger partial charge in [0.2, 0.25) is 0 Å². The zero-order valence-electron chi connectivity index (χ0n) is 21.3. The monoisotopic (exact) mass is 534 g/mol. The van der Waals surface area contributed by atoms with E-state index in [0.29, 0.717) is 28.4 Å². The van der Waals surface area contributed by atoms with Crippen molar-refractivity contribution < 1.29 is 22.7 Å². The Labute approximate surface area is 218 Å². The van der Waals surface area contributed by atoms with E-state index < -0.39 is 18.3 Å². The van der Waals surface area contributed by atoms with Crippen molar-refractivity contribution in [1.82, 2.24) is 19.7 Å². The molecule has 5 rings (SSSR count). The van der Waals surface area contributed by atoms with Crippen LogP contribution in [-0.2, 0) is 20.0 Å². The molecule has 1 saturated carbocycles. The SMILES string of the molecule is Cn1cc2c(C(=O)CC3CCC(CCN4CCc5sc(OCC(C)(F)F)nc5C4)CC3)c(F)ccc2n1. The minimum absolute atomic E-state index is 0.127. The summed E-state index contributed by atoms with van der Waals surface area (Å²) in [5.41, 5.74) is 1.77. The Kier molecular flexibility index (Phi) is 7.58. The molecular weight excluding hydrogens is 501 g/mol. The molecule has 200 valence electrons. The maximum absolute atomic E-state index is 14.5. The van der Waals surface area contributed by atoms with E-state index >= 15 is 0 Å². The number of rotatable bonds is 9. The summed E-state index contributed by atoms with van der Waals surface area (Å²) in [5, 5.41) is 5.23. The van der Waals surface area contributed by atoms with Crippen molar-refractivity contribution in [2.75, 3.05) is 19.7 Å². The molecule has 0 spiro atoms. The van der Waals surface area contributed by atoms with Gasteiger partial charge < -0.3 is 4.74 Å². The standard InChI is InChI=1S/C27H33F3N4O2S/c1-27(29,30)16-36-26-31-22-15-34(12-10-24(22)37-26)11-9-17-3-5-18(6-4-17)13-23(35)25-19-14-33(2)32-21(19)8-7-20(25)28/h7-8,14,17-18H,3-6,9-13,15-16H2,1-2H3. The van der Waals surface area contributed by atoms with Gasteiger partial charge in [-0.15, -0.1) is 0 Å². The minimum atomic E-state index is -2.87. The predicted octanol–water partition coefficient (Wildman–Crippen LogP) is 6.03. The quantitative estimate of drug-likeness (QED) is 0.314. The van der Waals surface area contributed by atoms with Crippen molar-refractivity contribution in [3.8, 4) is 5.19 Å². The molecule has 1 fully saturated rings. The summed E-state index contributed by atoms with van der Waals surface area (Å²) in [6.07, 6.45) is 8.19. The van der Waals surface area contributed by atoms with Gasteiger partial charge in [-0.05, 0) is 56.2 Å². The van der Waals surface area contributed by atoms with Crippen LogP contribution in [0.5, 0.6) is 5.19 Å². The highest BCUT2D eigenvalue weighted by Crippen LogP contribution is 2.35. The summed E-state index contributed by atoms with van der Waals surface area (Å²) in [6.45, 7) is 2.84. The molecule has 0 radical (unpaired) electrons. The number of ketones is 1. The lowest BCUT2D eigenvalue weighted by molar-refractivity contribution is -0.0230. The topological polar surface area (TPSA) is 60.2 Å². The largest absolute Gasteiger partial charge is 0.464 e. The number of fused-ring (bicyclic) bond motifs is 2. The molecule has 2 aromatic heterocycles. The fourth-order valence-corrected chi connectivity index (χ4v) is 6.50. The third-order valence-electron chi connectivity index (χ3n) is 7.56. The second kappa shape index (κ2) is 10.7. The number of Topliss-reactive ketones (excluding diaryl/α,β-unsaturated/α-hetero) is 1. The summed E-state index contributed by atoms with van der Waals surface area (Å²) >= 11 is 1.38. The number of ether oxygens (including phenoxy) is 1. The van der Waals surface area contributed by atoms with Crippen LogP contribution in [0.3, 0.4) is 0 Å². The number of thiazole rings is 1. The Morgan fingerprint density at radius 1 is 1.22 bits per heavy atom. The molecular formula is C27H33F3N4O2S. The molecule has 0 atom stereocenters. The van der Waals surface area contributed by atoms with Crippen LogP contribution in [0.1, 0.15) is 66.4 Å². The van der Waals surface area contributed by atoms with Gasteiger partial charge >= 0.3 is 0 Å². The summed E-state index contributed by atoms with van der Waals surface area (Å²) < 4.78 is 47.5. The van der Waals surface area contributed by atoms with E-state index in [0.717, 1.165) is 75.7 Å². The van der Waals surface area contributed by atoms with Crippen molar-refractivity contribution in [3.05, 3.63) is 40.3 Å². The van der Waals surface area contributed by atoms with E-state index in [2.05, 4.69) is 15.0 Å². The lowest BCUT2D eigenvalue weighted by atomic mass is 9.78. The van der Waals surface area contributed by atoms with Gasteiger partial charge in [-0.3, -0.25) is 14.4 Å². The van der Waals surface area contributed by atoms with Crippen LogP contribution in [0.15, 0.2) is 18.3 Å². The molecule has 1 aliphatic carbocycles. The van der Waals surface area contributed by atoms with E-state index in [1.165, 1.54) is 17.4 Å². The molecule has 6 nitrogen and oxygen atoms in total.